The van der Waals surface area contributed by atoms with Crippen molar-refractivity contribution >= 4 is 33.4 Å². The maximum Gasteiger partial charge on any atom is 0.241 e. The van der Waals surface area contributed by atoms with Gasteiger partial charge in [0.05, 0.1) is 49.8 Å². The predicted octanol–water partition coefficient (Wildman–Crippen LogP) is 5.25. The molecule has 0 unspecified atom stereocenters. The summed E-state index contributed by atoms with van der Waals surface area (Å²) in [5.41, 5.74) is 16.5. The second-order valence-corrected chi connectivity index (χ2v) is 16.5. The van der Waals surface area contributed by atoms with Gasteiger partial charge in [0.2, 0.25) is 11.8 Å². The maximum atomic E-state index is 13.8. The quantitative estimate of drug-likeness (QED) is 0.138. The molecule has 0 saturated heterocycles. The topological polar surface area (TPSA) is 147 Å². The Balaban J connectivity index is 1.05. The summed E-state index contributed by atoms with van der Waals surface area (Å²) in [6, 6.07) is 13.8. The first-order valence-electron chi connectivity index (χ1n) is 17.8. The molecule has 0 radical (unpaired) electrons. The van der Waals surface area contributed by atoms with E-state index in [0.29, 0.717) is 37.7 Å². The van der Waals surface area contributed by atoms with Gasteiger partial charge in [-0.05, 0) is 36.1 Å². The predicted molar refractivity (Wildman–Crippen MR) is 208 cm³/mol. The van der Waals surface area contributed by atoms with E-state index in [2.05, 4.69) is 36.8 Å². The molecule has 0 aliphatic carbocycles. The van der Waals surface area contributed by atoms with E-state index in [1.165, 1.54) is 21.6 Å². The van der Waals surface area contributed by atoms with Gasteiger partial charge in [0.25, 0.3) is 0 Å². The van der Waals surface area contributed by atoms with Crippen LogP contribution < -0.4 is 20.9 Å². The Morgan fingerprint density at radius 2 is 1.08 bits per heavy atom. The Bertz CT molecular complexity index is 1740. The van der Waals surface area contributed by atoms with E-state index in [4.69, 9.17) is 30.9 Å². The highest BCUT2D eigenvalue weighted by Crippen LogP contribution is 2.38. The average Bonchev–Trinajstić information content (AvgIpc) is 3.79. The van der Waals surface area contributed by atoms with Gasteiger partial charge >= 0.3 is 0 Å². The number of nitrogens with zero attached hydrogens (tertiary/aromatic N) is 6. The summed E-state index contributed by atoms with van der Waals surface area (Å²) in [4.78, 5) is 41.4. The Morgan fingerprint density at radius 1 is 0.692 bits per heavy atom. The van der Waals surface area contributed by atoms with E-state index in [-0.39, 0.29) is 35.7 Å². The van der Waals surface area contributed by atoms with Crippen LogP contribution in [0.15, 0.2) is 60.9 Å². The molecule has 4 aromatic rings. The standard InChI is InChI=1S/C38H50N8O4S2/c1-23(2)33-35-41-29(25-11-7-9-13-31(25)49-5)19-43(35)15-17-45(33)37(47)27(39)21-51-52-22-28(40)38(48)46-18-16-44-20-30(42-36(44)34(46)24(3)4)26-12-8-10-14-32(26)50-6/h7-14,19-20,23-24,27-28,33-34H,15-18,21-22,39-40H2,1-6H3/t27-,28-,33+,34+/m1/s1. The molecule has 2 aliphatic rings. The van der Waals surface area contributed by atoms with Crippen molar-refractivity contribution in [3.63, 3.8) is 0 Å². The van der Waals surface area contributed by atoms with Crippen molar-refractivity contribution in [1.29, 1.82) is 0 Å². The lowest BCUT2D eigenvalue weighted by Gasteiger charge is -2.39. The van der Waals surface area contributed by atoms with E-state index in [0.717, 1.165) is 45.7 Å². The number of fused-ring (bicyclic) bond motifs is 2. The number of amides is 2. The fourth-order valence-corrected chi connectivity index (χ4v) is 9.50. The number of benzene rings is 2. The van der Waals surface area contributed by atoms with Gasteiger partial charge in [-0.25, -0.2) is 9.97 Å². The zero-order valence-electron chi connectivity index (χ0n) is 30.8. The summed E-state index contributed by atoms with van der Waals surface area (Å²) in [6.07, 6.45) is 4.09. The van der Waals surface area contributed by atoms with Gasteiger partial charge in [-0.1, -0.05) is 73.5 Å². The van der Waals surface area contributed by atoms with Crippen LogP contribution in [0.2, 0.25) is 0 Å². The number of para-hydroxylation sites is 2. The normalized spacial score (nSPS) is 18.3. The zero-order valence-corrected chi connectivity index (χ0v) is 32.4. The minimum Gasteiger partial charge on any atom is -0.496 e. The van der Waals surface area contributed by atoms with Crippen LogP contribution in [0.1, 0.15) is 51.4 Å². The van der Waals surface area contributed by atoms with Crippen molar-refractivity contribution in [3.8, 4) is 34.0 Å². The summed E-state index contributed by atoms with van der Waals surface area (Å²) < 4.78 is 15.4. The van der Waals surface area contributed by atoms with Gasteiger partial charge in [0, 0.05) is 61.2 Å². The summed E-state index contributed by atoms with van der Waals surface area (Å²) in [5, 5.41) is 0. The molecule has 2 aromatic carbocycles. The van der Waals surface area contributed by atoms with Crippen molar-refractivity contribution in [2.45, 2.75) is 65.0 Å². The number of carbonyl (C=O) groups excluding carboxylic acids is 2. The first kappa shape index (κ1) is 37.8. The molecule has 0 spiro atoms. The van der Waals surface area contributed by atoms with Gasteiger partial charge in [-0.3, -0.25) is 9.59 Å². The highest BCUT2D eigenvalue weighted by Gasteiger charge is 2.39. The average molecular weight is 747 g/mol. The van der Waals surface area contributed by atoms with Gasteiger partial charge in [0.15, 0.2) is 0 Å². The highest BCUT2D eigenvalue weighted by molar-refractivity contribution is 8.76. The molecule has 6 rings (SSSR count). The molecular formula is C38H50N8O4S2. The summed E-state index contributed by atoms with van der Waals surface area (Å²) in [6.45, 7) is 10.8. The first-order chi connectivity index (χ1) is 25.0. The number of rotatable bonds is 13. The Kier molecular flexibility index (Phi) is 11.9. The number of methoxy groups -OCH3 is 2. The van der Waals surface area contributed by atoms with Crippen LogP contribution in [0, 0.1) is 11.8 Å². The molecule has 4 atom stereocenters. The lowest BCUT2D eigenvalue weighted by Crippen LogP contribution is -2.51. The summed E-state index contributed by atoms with van der Waals surface area (Å²) >= 11 is 0. The fourth-order valence-electron chi connectivity index (χ4n) is 7.27. The molecule has 2 aromatic heterocycles. The SMILES string of the molecule is COc1ccccc1-c1cn2c(n1)[C@H](C(C)C)N(C(=O)[C@H](N)CSSC[C@@H](N)C(=O)N1CCn3cc(-c4ccccc4OC)nc3[C@@H]1C(C)C)CC2. The number of hydrogen-bond acceptors (Lipinski definition) is 10. The van der Waals surface area contributed by atoms with Crippen LogP contribution >= 0.6 is 21.6 Å². The number of nitrogens with two attached hydrogens (primary N) is 2. The number of imidazole rings is 2. The van der Waals surface area contributed by atoms with E-state index in [1.807, 2.05) is 70.7 Å². The summed E-state index contributed by atoms with van der Waals surface area (Å²) in [5.74, 6) is 4.07. The number of aromatic nitrogens is 4. The monoisotopic (exact) mass is 746 g/mol. The molecule has 4 N–H and O–H groups in total. The van der Waals surface area contributed by atoms with E-state index in [9.17, 15) is 9.59 Å². The smallest absolute Gasteiger partial charge is 0.241 e. The maximum absolute atomic E-state index is 13.8. The van der Waals surface area contributed by atoms with E-state index < -0.39 is 12.1 Å². The summed E-state index contributed by atoms with van der Waals surface area (Å²) in [7, 11) is 6.26. The van der Waals surface area contributed by atoms with Crippen LogP contribution in [0.3, 0.4) is 0 Å². The molecule has 0 fully saturated rings. The molecule has 278 valence electrons. The molecular weight excluding hydrogens is 697 g/mol. The van der Waals surface area contributed by atoms with E-state index >= 15 is 0 Å². The minimum atomic E-state index is -0.704. The zero-order chi connectivity index (χ0) is 37.1. The largest absolute Gasteiger partial charge is 0.496 e. The van der Waals surface area contributed by atoms with Gasteiger partial charge in [0.1, 0.15) is 23.1 Å². The highest BCUT2D eigenvalue weighted by atomic mass is 33.1. The minimum absolute atomic E-state index is 0.101. The molecule has 2 aliphatic heterocycles. The van der Waals surface area contributed by atoms with Crippen LogP contribution in [0.25, 0.3) is 22.5 Å². The molecule has 12 nitrogen and oxygen atoms in total. The van der Waals surface area contributed by atoms with Gasteiger partial charge in [-0.2, -0.15) is 0 Å². The van der Waals surface area contributed by atoms with Crippen molar-refractivity contribution < 1.29 is 19.1 Å². The third-order valence-electron chi connectivity index (χ3n) is 9.79. The molecule has 52 heavy (non-hydrogen) atoms. The lowest BCUT2D eigenvalue weighted by molar-refractivity contribution is -0.137. The molecule has 14 heteroatoms. The van der Waals surface area contributed by atoms with E-state index in [1.54, 1.807) is 14.2 Å². The van der Waals surface area contributed by atoms with Crippen molar-refractivity contribution in [3.05, 3.63) is 72.6 Å². The second kappa shape index (κ2) is 16.4. The number of carbonyl (C=O) groups is 2. The van der Waals surface area contributed by atoms with Crippen molar-refractivity contribution in [1.82, 2.24) is 28.9 Å². The lowest BCUT2D eigenvalue weighted by atomic mass is 9.99. The second-order valence-electron chi connectivity index (χ2n) is 14.0. The van der Waals surface area contributed by atoms with Crippen LogP contribution in [0.5, 0.6) is 11.5 Å². The fraction of sp³-hybridized carbons (Fsp3) is 0.474. The Hall–Kier alpha value is -3.98. The molecule has 4 heterocycles. The Morgan fingerprint density at radius 3 is 1.44 bits per heavy atom. The van der Waals surface area contributed by atoms with Crippen LogP contribution in [-0.2, 0) is 22.7 Å². The molecule has 0 bridgehead atoms. The third kappa shape index (κ3) is 7.57. The van der Waals surface area contributed by atoms with Crippen LogP contribution in [-0.4, -0.2) is 91.6 Å². The molecule has 2 amide bonds. The first-order valence-corrected chi connectivity index (χ1v) is 20.3. The Labute approximate surface area is 314 Å². The van der Waals surface area contributed by atoms with Gasteiger partial charge < -0.3 is 39.9 Å². The van der Waals surface area contributed by atoms with Gasteiger partial charge in [-0.15, -0.1) is 0 Å². The van der Waals surface area contributed by atoms with Crippen molar-refractivity contribution in [2.24, 2.45) is 23.3 Å². The third-order valence-corrected chi connectivity index (χ3v) is 12.3. The van der Waals surface area contributed by atoms with Crippen LogP contribution in [0.4, 0.5) is 0 Å². The number of ether oxygens (including phenoxy) is 2. The molecule has 0 saturated carbocycles. The number of hydrogen-bond donors (Lipinski definition) is 2. The van der Waals surface area contributed by atoms with Crippen molar-refractivity contribution in [2.75, 3.05) is 38.8 Å².